The number of carbonyl (C=O) groups excluding carboxylic acids is 1. The van der Waals surface area contributed by atoms with Gasteiger partial charge in [-0.3, -0.25) is 15.2 Å². The Bertz CT molecular complexity index is 1090. The van der Waals surface area contributed by atoms with E-state index in [2.05, 4.69) is 25.6 Å². The van der Waals surface area contributed by atoms with Crippen LogP contribution in [0.3, 0.4) is 0 Å². The Hall–Kier alpha value is -3.94. The number of nitrogens with zero attached hydrogens (tertiary/aromatic N) is 4. The zero-order chi connectivity index (χ0) is 19.3. The molecule has 0 saturated heterocycles. The number of hydrogen-bond donors (Lipinski definition) is 2. The molecule has 0 aliphatic rings. The quantitative estimate of drug-likeness (QED) is 0.541. The number of benzene rings is 2. The van der Waals surface area contributed by atoms with Crippen LogP contribution in [0.5, 0.6) is 5.75 Å². The van der Waals surface area contributed by atoms with Crippen LogP contribution < -0.4 is 10.1 Å². The van der Waals surface area contributed by atoms with Crippen LogP contribution in [0.2, 0.25) is 0 Å². The summed E-state index contributed by atoms with van der Waals surface area (Å²) in [6.45, 7) is 0.577. The van der Waals surface area contributed by atoms with Crippen LogP contribution in [0.4, 0.5) is 5.95 Å². The van der Waals surface area contributed by atoms with Crippen molar-refractivity contribution < 1.29 is 9.53 Å². The molecule has 0 unspecified atom stereocenters. The molecule has 2 N–H and O–H groups in total. The molecular weight excluding hydrogens is 356 g/mol. The highest BCUT2D eigenvalue weighted by Gasteiger charge is 2.13. The first-order valence-corrected chi connectivity index (χ1v) is 8.66. The Labute approximate surface area is 161 Å². The topological polar surface area (TPSA) is 97.7 Å². The minimum absolute atomic E-state index is 0.235. The molecule has 4 aromatic rings. The van der Waals surface area contributed by atoms with Crippen molar-refractivity contribution in [3.8, 4) is 17.0 Å². The van der Waals surface area contributed by atoms with Crippen LogP contribution >= 0.6 is 0 Å². The van der Waals surface area contributed by atoms with Gasteiger partial charge in [0.15, 0.2) is 0 Å². The third kappa shape index (κ3) is 3.90. The molecule has 4 rings (SSSR count). The van der Waals surface area contributed by atoms with Crippen molar-refractivity contribution in [2.24, 2.45) is 0 Å². The van der Waals surface area contributed by atoms with Gasteiger partial charge in [0.05, 0.1) is 19.3 Å². The maximum Gasteiger partial charge on any atom is 0.276 e. The van der Waals surface area contributed by atoms with Crippen LogP contribution in [0.1, 0.15) is 16.1 Å². The van der Waals surface area contributed by atoms with Gasteiger partial charge in [0.1, 0.15) is 17.8 Å². The van der Waals surface area contributed by atoms with Gasteiger partial charge in [0.25, 0.3) is 5.91 Å². The van der Waals surface area contributed by atoms with Crippen molar-refractivity contribution in [1.82, 2.24) is 25.0 Å². The highest BCUT2D eigenvalue weighted by atomic mass is 16.5. The summed E-state index contributed by atoms with van der Waals surface area (Å²) in [6, 6.07) is 19.0. The Morgan fingerprint density at radius 1 is 1.14 bits per heavy atom. The van der Waals surface area contributed by atoms with Gasteiger partial charge in [-0.1, -0.05) is 42.5 Å². The van der Waals surface area contributed by atoms with Crippen LogP contribution in [0, 0.1) is 0 Å². The first kappa shape index (κ1) is 17.5. The summed E-state index contributed by atoms with van der Waals surface area (Å²) >= 11 is 0. The number of hydrogen-bond acceptors (Lipinski definition) is 5. The van der Waals surface area contributed by atoms with E-state index in [0.717, 1.165) is 16.9 Å². The lowest BCUT2D eigenvalue weighted by molar-refractivity contribution is 0.102. The molecule has 2 aromatic heterocycles. The van der Waals surface area contributed by atoms with Crippen molar-refractivity contribution in [2.45, 2.75) is 6.54 Å². The summed E-state index contributed by atoms with van der Waals surface area (Å²) < 4.78 is 6.88. The number of anilines is 1. The number of methoxy groups -OCH3 is 1. The summed E-state index contributed by atoms with van der Waals surface area (Å²) in [5, 5.41) is 13.9. The van der Waals surface area contributed by atoms with Crippen molar-refractivity contribution in [1.29, 1.82) is 0 Å². The normalized spacial score (nSPS) is 10.6. The minimum Gasteiger partial charge on any atom is -0.497 e. The van der Waals surface area contributed by atoms with Crippen molar-refractivity contribution in [3.63, 3.8) is 0 Å². The Balaban J connectivity index is 1.44. The van der Waals surface area contributed by atoms with Gasteiger partial charge in [-0.05, 0) is 23.8 Å². The van der Waals surface area contributed by atoms with Gasteiger partial charge in [-0.25, -0.2) is 9.67 Å². The zero-order valence-electron chi connectivity index (χ0n) is 15.2. The predicted octanol–water partition coefficient (Wildman–Crippen LogP) is 2.98. The molecule has 8 nitrogen and oxygen atoms in total. The summed E-state index contributed by atoms with van der Waals surface area (Å²) in [7, 11) is 1.60. The number of rotatable bonds is 6. The molecule has 0 fully saturated rings. The average Bonchev–Trinajstić information content (AvgIpc) is 3.39. The van der Waals surface area contributed by atoms with E-state index in [4.69, 9.17) is 4.74 Å². The molecule has 0 radical (unpaired) electrons. The molecule has 0 atom stereocenters. The number of nitrogens with one attached hydrogen (secondary N) is 2. The van der Waals surface area contributed by atoms with E-state index >= 15 is 0 Å². The summed E-state index contributed by atoms with van der Waals surface area (Å²) in [5.41, 5.74) is 2.91. The van der Waals surface area contributed by atoms with E-state index in [9.17, 15) is 4.79 Å². The molecule has 0 aliphatic carbocycles. The zero-order valence-corrected chi connectivity index (χ0v) is 15.2. The molecule has 140 valence electrons. The average molecular weight is 374 g/mol. The van der Waals surface area contributed by atoms with E-state index < -0.39 is 0 Å². The van der Waals surface area contributed by atoms with E-state index in [1.807, 2.05) is 54.6 Å². The highest BCUT2D eigenvalue weighted by Crippen LogP contribution is 2.22. The first-order chi connectivity index (χ1) is 13.7. The first-order valence-electron chi connectivity index (χ1n) is 8.66. The summed E-state index contributed by atoms with van der Waals surface area (Å²) in [5.74, 6) is 0.595. The highest BCUT2D eigenvalue weighted by molar-refractivity contribution is 6.02. The number of carbonyl (C=O) groups is 1. The van der Waals surface area contributed by atoms with E-state index in [1.54, 1.807) is 24.2 Å². The summed E-state index contributed by atoms with van der Waals surface area (Å²) in [4.78, 5) is 16.6. The number of aromatic amines is 1. The second kappa shape index (κ2) is 7.75. The molecule has 2 heterocycles. The monoisotopic (exact) mass is 374 g/mol. The van der Waals surface area contributed by atoms with Gasteiger partial charge < -0.3 is 4.74 Å². The molecule has 8 heteroatoms. The van der Waals surface area contributed by atoms with Gasteiger partial charge in [0.2, 0.25) is 5.95 Å². The molecule has 0 bridgehead atoms. The van der Waals surface area contributed by atoms with Gasteiger partial charge in [0, 0.05) is 5.56 Å². The third-order valence-corrected chi connectivity index (χ3v) is 4.14. The number of amides is 1. The molecule has 0 saturated carbocycles. The van der Waals surface area contributed by atoms with E-state index in [-0.39, 0.29) is 11.9 Å². The van der Waals surface area contributed by atoms with Crippen LogP contribution in [-0.2, 0) is 6.54 Å². The minimum atomic E-state index is -0.362. The molecule has 28 heavy (non-hydrogen) atoms. The van der Waals surface area contributed by atoms with Crippen LogP contribution in [0.15, 0.2) is 67.0 Å². The van der Waals surface area contributed by atoms with Crippen molar-refractivity contribution in [2.75, 3.05) is 12.4 Å². The van der Waals surface area contributed by atoms with Gasteiger partial charge in [-0.15, -0.1) is 5.10 Å². The van der Waals surface area contributed by atoms with Crippen LogP contribution in [0.25, 0.3) is 11.3 Å². The molecule has 1 amide bonds. The number of H-pyrrole nitrogens is 1. The van der Waals surface area contributed by atoms with Gasteiger partial charge in [-0.2, -0.15) is 5.10 Å². The fourth-order valence-corrected chi connectivity index (χ4v) is 2.74. The maximum atomic E-state index is 12.5. The fraction of sp³-hybridized carbons (Fsp3) is 0.100. The van der Waals surface area contributed by atoms with Crippen molar-refractivity contribution in [3.05, 3.63) is 78.2 Å². The van der Waals surface area contributed by atoms with E-state index in [0.29, 0.717) is 17.9 Å². The summed E-state index contributed by atoms with van der Waals surface area (Å²) in [6.07, 6.45) is 1.58. The largest absolute Gasteiger partial charge is 0.497 e. The lowest BCUT2D eigenvalue weighted by atomic mass is 10.1. The lowest BCUT2D eigenvalue weighted by Crippen LogP contribution is -2.14. The van der Waals surface area contributed by atoms with Crippen molar-refractivity contribution >= 4 is 11.9 Å². The Morgan fingerprint density at radius 2 is 2.00 bits per heavy atom. The molecule has 0 spiro atoms. The number of ether oxygens (including phenoxy) is 1. The SMILES string of the molecule is COc1cccc(-c2cc(C(=O)Nc3ncn(Cc4ccccc4)n3)[nH]n2)c1. The second-order valence-electron chi connectivity index (χ2n) is 6.10. The molecular formula is C20H18N6O2. The van der Waals surface area contributed by atoms with Gasteiger partial charge >= 0.3 is 0 Å². The lowest BCUT2D eigenvalue weighted by Gasteiger charge is -2.01. The third-order valence-electron chi connectivity index (χ3n) is 4.14. The smallest absolute Gasteiger partial charge is 0.276 e. The molecule has 0 aliphatic heterocycles. The molecule has 2 aromatic carbocycles. The second-order valence-corrected chi connectivity index (χ2v) is 6.10. The standard InChI is InChI=1S/C20H18N6O2/c1-28-16-9-5-8-15(10-16)17-11-18(24-23-17)19(27)22-20-21-13-26(25-20)12-14-6-3-2-4-7-14/h2-11,13H,12H2,1H3,(H,23,24)(H,22,25,27). The Kier molecular flexibility index (Phi) is 4.83. The van der Waals surface area contributed by atoms with Crippen LogP contribution in [-0.4, -0.2) is 38.0 Å². The maximum absolute atomic E-state index is 12.5. The van der Waals surface area contributed by atoms with E-state index in [1.165, 1.54) is 0 Å². The Morgan fingerprint density at radius 3 is 2.82 bits per heavy atom. The predicted molar refractivity (Wildman–Crippen MR) is 104 cm³/mol. The number of aromatic nitrogens is 5. The fourth-order valence-electron chi connectivity index (χ4n) is 2.74.